The zero-order valence-electron chi connectivity index (χ0n) is 15.8. The van der Waals surface area contributed by atoms with Gasteiger partial charge in [-0.05, 0) is 56.0 Å². The minimum Gasteiger partial charge on any atom is -0.482 e. The van der Waals surface area contributed by atoms with E-state index in [0.717, 1.165) is 24.0 Å². The lowest BCUT2D eigenvalue weighted by atomic mass is 10.1. The summed E-state index contributed by atoms with van der Waals surface area (Å²) < 4.78 is 7.84. The van der Waals surface area contributed by atoms with E-state index in [-0.39, 0.29) is 12.4 Å². The molecule has 0 aliphatic heterocycles. The summed E-state index contributed by atoms with van der Waals surface area (Å²) in [5.74, 6) is 2.18. The highest BCUT2D eigenvalue weighted by Gasteiger charge is 2.25. The molecule has 0 bridgehead atoms. The molecule has 3 aromatic rings. The van der Waals surface area contributed by atoms with Gasteiger partial charge in [0, 0.05) is 30.4 Å². The number of hydrogen-bond donors (Lipinski definition) is 0. The molecule has 5 nitrogen and oxygen atoms in total. The Morgan fingerprint density at radius 3 is 2.82 bits per heavy atom. The number of aromatic nitrogens is 2. The number of nitrogens with zero attached hydrogens (tertiary/aromatic N) is 3. The summed E-state index contributed by atoms with van der Waals surface area (Å²) in [6.07, 6.45) is 4.56. The van der Waals surface area contributed by atoms with E-state index in [0.29, 0.717) is 27.0 Å². The van der Waals surface area contributed by atoms with E-state index in [9.17, 15) is 4.79 Å². The summed E-state index contributed by atoms with van der Waals surface area (Å²) in [6.45, 7) is 2.89. The highest BCUT2D eigenvalue weighted by Crippen LogP contribution is 2.33. The third kappa shape index (κ3) is 3.82. The zero-order valence-corrected chi connectivity index (χ0v) is 17.3. The van der Waals surface area contributed by atoms with Gasteiger partial charge in [0.05, 0.1) is 10.7 Å². The van der Waals surface area contributed by atoms with E-state index >= 15 is 0 Å². The Morgan fingerprint density at radius 1 is 1.32 bits per heavy atom. The molecule has 2 aromatic heterocycles. The van der Waals surface area contributed by atoms with E-state index in [4.69, 9.17) is 27.9 Å². The number of ether oxygens (including phenoxy) is 1. The number of ketones is 1. The Morgan fingerprint density at radius 2 is 2.11 bits per heavy atom. The maximum absolute atomic E-state index is 12.5. The second kappa shape index (κ2) is 7.64. The molecule has 0 saturated heterocycles. The van der Waals surface area contributed by atoms with Crippen molar-refractivity contribution in [3.8, 4) is 5.75 Å². The number of Topliss-reactive ketones (excluding diaryl/α,β-unsaturated/α-hetero) is 1. The highest BCUT2D eigenvalue weighted by atomic mass is 35.5. The summed E-state index contributed by atoms with van der Waals surface area (Å²) in [5, 5.41) is 0.808. The molecule has 0 unspecified atom stereocenters. The van der Waals surface area contributed by atoms with Crippen LogP contribution in [-0.2, 0) is 0 Å². The summed E-state index contributed by atoms with van der Waals surface area (Å²) >= 11 is 12.0. The number of anilines is 1. The van der Waals surface area contributed by atoms with Crippen molar-refractivity contribution in [3.05, 3.63) is 57.8 Å². The number of carbonyl (C=O) groups excluding carboxylic acids is 1. The molecule has 146 valence electrons. The van der Waals surface area contributed by atoms with Gasteiger partial charge < -0.3 is 9.64 Å². The molecule has 0 atom stereocenters. The normalized spacial score (nSPS) is 13.7. The van der Waals surface area contributed by atoms with Gasteiger partial charge in [-0.25, -0.2) is 4.98 Å². The fourth-order valence-corrected chi connectivity index (χ4v) is 3.94. The van der Waals surface area contributed by atoms with Gasteiger partial charge in [-0.2, -0.15) is 0 Å². The van der Waals surface area contributed by atoms with Crippen LogP contribution in [0, 0.1) is 12.8 Å². The Labute approximate surface area is 173 Å². The lowest BCUT2D eigenvalue weighted by molar-refractivity contribution is 0.0922. The van der Waals surface area contributed by atoms with Crippen LogP contribution in [0.5, 0.6) is 5.75 Å². The monoisotopic (exact) mass is 417 g/mol. The van der Waals surface area contributed by atoms with Crippen LogP contribution >= 0.6 is 23.2 Å². The summed E-state index contributed by atoms with van der Waals surface area (Å²) in [6, 6.07) is 8.53. The van der Waals surface area contributed by atoms with Gasteiger partial charge in [-0.15, -0.1) is 0 Å². The number of carbonyl (C=O) groups is 1. The van der Waals surface area contributed by atoms with Gasteiger partial charge >= 0.3 is 0 Å². The van der Waals surface area contributed by atoms with Crippen molar-refractivity contribution in [1.82, 2.24) is 9.38 Å². The second-order valence-corrected chi connectivity index (χ2v) is 8.09. The highest BCUT2D eigenvalue weighted by molar-refractivity contribution is 6.36. The molecule has 0 spiro atoms. The average molecular weight is 418 g/mol. The topological polar surface area (TPSA) is 46.8 Å². The summed E-state index contributed by atoms with van der Waals surface area (Å²) in [4.78, 5) is 19.4. The Bertz CT molecular complexity index is 1040. The molecule has 1 saturated carbocycles. The number of fused-ring (bicyclic) bond motifs is 1. The van der Waals surface area contributed by atoms with Gasteiger partial charge in [0.1, 0.15) is 5.82 Å². The first-order valence-corrected chi connectivity index (χ1v) is 9.99. The molecule has 1 aromatic carbocycles. The smallest absolute Gasteiger partial charge is 0.201 e. The van der Waals surface area contributed by atoms with E-state index in [1.54, 1.807) is 18.2 Å². The fraction of sp³-hybridized carbons (Fsp3) is 0.333. The predicted molar refractivity (Wildman–Crippen MR) is 112 cm³/mol. The molecular formula is C21H21Cl2N3O2. The first-order valence-electron chi connectivity index (χ1n) is 9.24. The van der Waals surface area contributed by atoms with Crippen LogP contribution in [0.4, 0.5) is 5.82 Å². The molecule has 1 aliphatic rings. The number of halogens is 2. The van der Waals surface area contributed by atoms with Crippen molar-refractivity contribution in [2.24, 2.45) is 5.92 Å². The molecule has 0 N–H and O–H groups in total. The third-order valence-corrected chi connectivity index (χ3v) is 5.49. The SMILES string of the molecule is Cc1nc2c(OCC(=O)c3ccc(Cl)cc3Cl)cccn2c1N(C)CC1CC1. The predicted octanol–water partition coefficient (Wildman–Crippen LogP) is 5.06. The van der Waals surface area contributed by atoms with Crippen molar-refractivity contribution in [2.75, 3.05) is 25.1 Å². The minimum atomic E-state index is -0.210. The van der Waals surface area contributed by atoms with Crippen LogP contribution in [0.1, 0.15) is 28.9 Å². The van der Waals surface area contributed by atoms with E-state index in [1.807, 2.05) is 29.7 Å². The lowest BCUT2D eigenvalue weighted by Gasteiger charge is -2.19. The quantitative estimate of drug-likeness (QED) is 0.504. The molecule has 28 heavy (non-hydrogen) atoms. The molecule has 2 heterocycles. The van der Waals surface area contributed by atoms with Crippen LogP contribution in [0.15, 0.2) is 36.5 Å². The molecule has 1 aliphatic carbocycles. The number of aryl methyl sites for hydroxylation is 1. The van der Waals surface area contributed by atoms with Crippen molar-refractivity contribution < 1.29 is 9.53 Å². The summed E-state index contributed by atoms with van der Waals surface area (Å²) in [5.41, 5.74) is 2.03. The Hall–Kier alpha value is -2.24. The molecule has 0 amide bonds. The number of hydrogen-bond acceptors (Lipinski definition) is 4. The van der Waals surface area contributed by atoms with Gasteiger partial charge in [0.2, 0.25) is 5.78 Å². The van der Waals surface area contributed by atoms with Crippen molar-refractivity contribution >= 4 is 40.5 Å². The van der Waals surface area contributed by atoms with Gasteiger partial charge in [-0.1, -0.05) is 23.2 Å². The molecular weight excluding hydrogens is 397 g/mol. The van der Waals surface area contributed by atoms with Gasteiger partial charge in [-0.3, -0.25) is 9.20 Å². The Kier molecular flexibility index (Phi) is 5.21. The lowest BCUT2D eigenvalue weighted by Crippen LogP contribution is -2.22. The van der Waals surface area contributed by atoms with Gasteiger partial charge in [0.25, 0.3) is 0 Å². The van der Waals surface area contributed by atoms with Crippen molar-refractivity contribution in [3.63, 3.8) is 0 Å². The maximum atomic E-state index is 12.5. The van der Waals surface area contributed by atoms with Crippen LogP contribution in [0.2, 0.25) is 10.0 Å². The van der Waals surface area contributed by atoms with E-state index < -0.39 is 0 Å². The zero-order chi connectivity index (χ0) is 19.8. The largest absolute Gasteiger partial charge is 0.482 e. The number of imidazole rings is 1. The van der Waals surface area contributed by atoms with Crippen molar-refractivity contribution in [1.29, 1.82) is 0 Å². The van der Waals surface area contributed by atoms with Crippen molar-refractivity contribution in [2.45, 2.75) is 19.8 Å². The minimum absolute atomic E-state index is 0.125. The fourth-order valence-electron chi connectivity index (χ4n) is 3.43. The third-order valence-electron chi connectivity index (χ3n) is 4.94. The van der Waals surface area contributed by atoms with E-state index in [1.165, 1.54) is 12.8 Å². The standard InChI is InChI=1S/C21H21Cl2N3O2/c1-13-21(25(2)11-14-5-6-14)26-9-3-4-19(20(26)24-13)28-12-18(27)16-8-7-15(22)10-17(16)23/h3-4,7-10,14H,5-6,11-12H2,1-2H3. The molecule has 7 heteroatoms. The first kappa shape index (κ1) is 19.1. The van der Waals surface area contributed by atoms with Crippen LogP contribution < -0.4 is 9.64 Å². The van der Waals surface area contributed by atoms with E-state index in [2.05, 4.69) is 16.9 Å². The number of rotatable bonds is 7. The first-order chi connectivity index (χ1) is 13.4. The van der Waals surface area contributed by atoms with Crippen LogP contribution in [0.3, 0.4) is 0 Å². The number of benzene rings is 1. The molecule has 1 fully saturated rings. The Balaban J connectivity index is 1.56. The summed E-state index contributed by atoms with van der Waals surface area (Å²) in [7, 11) is 2.09. The molecule has 0 radical (unpaired) electrons. The van der Waals surface area contributed by atoms with Gasteiger partial charge in [0.15, 0.2) is 18.0 Å². The average Bonchev–Trinajstić information content (AvgIpc) is 3.38. The molecule has 4 rings (SSSR count). The number of pyridine rings is 1. The second-order valence-electron chi connectivity index (χ2n) is 7.25. The van der Waals surface area contributed by atoms with Crippen LogP contribution in [-0.4, -0.2) is 35.4 Å². The van der Waals surface area contributed by atoms with Crippen LogP contribution in [0.25, 0.3) is 5.65 Å². The maximum Gasteiger partial charge on any atom is 0.201 e.